The van der Waals surface area contributed by atoms with Crippen LogP contribution >= 0.6 is 31.9 Å². The van der Waals surface area contributed by atoms with E-state index in [2.05, 4.69) is 50.1 Å². The molecule has 0 aromatic heterocycles. The van der Waals surface area contributed by atoms with Crippen LogP contribution in [-0.4, -0.2) is 19.0 Å². The van der Waals surface area contributed by atoms with E-state index in [9.17, 15) is 0 Å². The minimum Gasteiger partial charge on any atom is -0.493 e. The fraction of sp³-hybridized carbons (Fsp3) is 0.294. The Labute approximate surface area is 142 Å². The summed E-state index contributed by atoms with van der Waals surface area (Å²) in [5, 5.41) is 0.915. The largest absolute Gasteiger partial charge is 0.493 e. The van der Waals surface area contributed by atoms with Crippen LogP contribution in [0, 0.1) is 0 Å². The molecule has 2 rings (SSSR count). The van der Waals surface area contributed by atoms with Gasteiger partial charge in [-0.1, -0.05) is 56.1 Å². The fourth-order valence-electron chi connectivity index (χ4n) is 2.14. The number of benzene rings is 2. The van der Waals surface area contributed by atoms with Crippen molar-refractivity contribution in [3.8, 4) is 11.5 Å². The Balaban J connectivity index is 1.95. The standard InChI is InChI=1S/C17H18Br2O2/c1-20-16-7-2-3-8-17(16)21-10-9-14(12-18)13-5-4-6-15(19)11-13/h2-8,11,14H,9-10,12H2,1H3. The minimum absolute atomic E-state index is 0.428. The van der Waals surface area contributed by atoms with Gasteiger partial charge in [0.25, 0.3) is 0 Å². The average molecular weight is 414 g/mol. The van der Waals surface area contributed by atoms with Crippen molar-refractivity contribution in [1.82, 2.24) is 0 Å². The second-order valence-electron chi connectivity index (χ2n) is 4.69. The first-order valence-corrected chi connectivity index (χ1v) is 8.73. The molecule has 0 N–H and O–H groups in total. The normalized spacial score (nSPS) is 12.0. The predicted molar refractivity (Wildman–Crippen MR) is 93.8 cm³/mol. The van der Waals surface area contributed by atoms with E-state index in [-0.39, 0.29) is 0 Å². The summed E-state index contributed by atoms with van der Waals surface area (Å²) in [5.74, 6) is 2.00. The van der Waals surface area contributed by atoms with E-state index < -0.39 is 0 Å². The van der Waals surface area contributed by atoms with E-state index in [4.69, 9.17) is 9.47 Å². The third-order valence-electron chi connectivity index (χ3n) is 3.30. The molecule has 0 heterocycles. The molecule has 0 aliphatic carbocycles. The van der Waals surface area contributed by atoms with Crippen LogP contribution in [0.25, 0.3) is 0 Å². The van der Waals surface area contributed by atoms with Crippen LogP contribution in [0.5, 0.6) is 11.5 Å². The predicted octanol–water partition coefficient (Wildman–Crippen LogP) is 5.41. The molecule has 2 aromatic rings. The summed E-state index contributed by atoms with van der Waals surface area (Å²) in [4.78, 5) is 0. The number of halogens is 2. The summed E-state index contributed by atoms with van der Waals surface area (Å²) in [6, 6.07) is 16.2. The Kier molecular flexibility index (Phi) is 6.58. The number of para-hydroxylation sites is 2. The van der Waals surface area contributed by atoms with Crippen molar-refractivity contribution in [2.45, 2.75) is 12.3 Å². The smallest absolute Gasteiger partial charge is 0.161 e. The molecule has 21 heavy (non-hydrogen) atoms. The van der Waals surface area contributed by atoms with Crippen molar-refractivity contribution in [1.29, 1.82) is 0 Å². The summed E-state index contributed by atoms with van der Waals surface area (Å²) in [5.41, 5.74) is 1.31. The molecule has 1 atom stereocenters. The molecule has 0 aliphatic heterocycles. The molecule has 2 nitrogen and oxygen atoms in total. The lowest BCUT2D eigenvalue weighted by atomic mass is 9.98. The third-order valence-corrected chi connectivity index (χ3v) is 4.57. The number of alkyl halides is 1. The SMILES string of the molecule is COc1ccccc1OCCC(CBr)c1cccc(Br)c1. The third kappa shape index (κ3) is 4.75. The van der Waals surface area contributed by atoms with Crippen molar-refractivity contribution in [2.24, 2.45) is 0 Å². The second-order valence-corrected chi connectivity index (χ2v) is 6.26. The van der Waals surface area contributed by atoms with Crippen molar-refractivity contribution in [2.75, 3.05) is 19.0 Å². The first kappa shape index (κ1) is 16.4. The Bertz CT molecular complexity index is 572. The van der Waals surface area contributed by atoms with Gasteiger partial charge in [0, 0.05) is 9.80 Å². The van der Waals surface area contributed by atoms with E-state index in [1.54, 1.807) is 7.11 Å². The first-order chi connectivity index (χ1) is 10.2. The second kappa shape index (κ2) is 8.44. The molecule has 0 saturated carbocycles. The molecule has 2 aromatic carbocycles. The highest BCUT2D eigenvalue weighted by molar-refractivity contribution is 9.10. The first-order valence-electron chi connectivity index (χ1n) is 6.82. The van der Waals surface area contributed by atoms with Crippen molar-refractivity contribution in [3.05, 3.63) is 58.6 Å². The van der Waals surface area contributed by atoms with Crippen molar-refractivity contribution < 1.29 is 9.47 Å². The molecule has 0 fully saturated rings. The summed E-state index contributed by atoms with van der Waals surface area (Å²) in [7, 11) is 1.66. The highest BCUT2D eigenvalue weighted by atomic mass is 79.9. The summed E-state index contributed by atoms with van der Waals surface area (Å²) in [6.07, 6.45) is 0.944. The molecule has 0 bridgehead atoms. The maximum atomic E-state index is 5.85. The minimum atomic E-state index is 0.428. The lowest BCUT2D eigenvalue weighted by Crippen LogP contribution is -2.07. The van der Waals surface area contributed by atoms with Crippen LogP contribution in [0.2, 0.25) is 0 Å². The number of ether oxygens (including phenoxy) is 2. The quantitative estimate of drug-likeness (QED) is 0.565. The van der Waals surface area contributed by atoms with Crippen LogP contribution in [0.4, 0.5) is 0 Å². The van der Waals surface area contributed by atoms with E-state index >= 15 is 0 Å². The molecule has 1 unspecified atom stereocenters. The zero-order valence-electron chi connectivity index (χ0n) is 11.9. The van der Waals surface area contributed by atoms with E-state index in [0.29, 0.717) is 12.5 Å². The van der Waals surface area contributed by atoms with Gasteiger partial charge in [-0.3, -0.25) is 0 Å². The van der Waals surface area contributed by atoms with Gasteiger partial charge in [0.2, 0.25) is 0 Å². The van der Waals surface area contributed by atoms with Gasteiger partial charge in [-0.2, -0.15) is 0 Å². The van der Waals surface area contributed by atoms with Crippen LogP contribution < -0.4 is 9.47 Å². The van der Waals surface area contributed by atoms with E-state index in [1.807, 2.05) is 30.3 Å². The number of rotatable bonds is 7. The highest BCUT2D eigenvalue weighted by Gasteiger charge is 2.11. The number of methoxy groups -OCH3 is 1. The molecular weight excluding hydrogens is 396 g/mol. The van der Waals surface area contributed by atoms with Crippen LogP contribution in [0.15, 0.2) is 53.0 Å². The Morgan fingerprint density at radius 2 is 1.81 bits per heavy atom. The maximum absolute atomic E-state index is 5.85. The summed E-state index contributed by atoms with van der Waals surface area (Å²) >= 11 is 7.12. The van der Waals surface area contributed by atoms with Gasteiger partial charge in [0.15, 0.2) is 11.5 Å². The van der Waals surface area contributed by atoms with E-state index in [1.165, 1.54) is 5.56 Å². The highest BCUT2D eigenvalue weighted by Crippen LogP contribution is 2.28. The molecular formula is C17H18Br2O2. The van der Waals surface area contributed by atoms with Crippen LogP contribution in [0.3, 0.4) is 0 Å². The molecule has 0 radical (unpaired) electrons. The molecule has 0 spiro atoms. The van der Waals surface area contributed by atoms with Gasteiger partial charge in [-0.05, 0) is 42.2 Å². The molecule has 0 saturated heterocycles. The molecule has 112 valence electrons. The average Bonchev–Trinajstić information content (AvgIpc) is 2.52. The zero-order valence-corrected chi connectivity index (χ0v) is 15.1. The van der Waals surface area contributed by atoms with Crippen molar-refractivity contribution in [3.63, 3.8) is 0 Å². The van der Waals surface area contributed by atoms with Gasteiger partial charge in [0.1, 0.15) is 0 Å². The topological polar surface area (TPSA) is 18.5 Å². The van der Waals surface area contributed by atoms with Gasteiger partial charge >= 0.3 is 0 Å². The van der Waals surface area contributed by atoms with Gasteiger partial charge < -0.3 is 9.47 Å². The number of hydrogen-bond acceptors (Lipinski definition) is 2. The fourth-order valence-corrected chi connectivity index (χ4v) is 3.26. The van der Waals surface area contributed by atoms with Gasteiger partial charge in [0.05, 0.1) is 13.7 Å². The maximum Gasteiger partial charge on any atom is 0.161 e. The Morgan fingerprint density at radius 1 is 1.05 bits per heavy atom. The lowest BCUT2D eigenvalue weighted by molar-refractivity contribution is 0.282. The van der Waals surface area contributed by atoms with Gasteiger partial charge in [-0.15, -0.1) is 0 Å². The van der Waals surface area contributed by atoms with Crippen LogP contribution in [0.1, 0.15) is 17.9 Å². The Hall–Kier alpha value is -1.00. The Morgan fingerprint density at radius 3 is 2.48 bits per heavy atom. The van der Waals surface area contributed by atoms with Crippen LogP contribution in [-0.2, 0) is 0 Å². The molecule has 0 aliphatic rings. The molecule has 0 amide bonds. The van der Waals surface area contributed by atoms with E-state index in [0.717, 1.165) is 27.7 Å². The van der Waals surface area contributed by atoms with Crippen molar-refractivity contribution >= 4 is 31.9 Å². The zero-order chi connectivity index (χ0) is 15.1. The monoisotopic (exact) mass is 412 g/mol. The van der Waals surface area contributed by atoms with Gasteiger partial charge in [-0.25, -0.2) is 0 Å². The molecule has 4 heteroatoms. The lowest BCUT2D eigenvalue weighted by Gasteiger charge is -2.16. The number of hydrogen-bond donors (Lipinski definition) is 0. The summed E-state index contributed by atoms with van der Waals surface area (Å²) in [6.45, 7) is 0.656. The summed E-state index contributed by atoms with van der Waals surface area (Å²) < 4.78 is 12.3.